The number of fused-ring (bicyclic) bond motifs is 1. The van der Waals surface area contributed by atoms with Crippen molar-refractivity contribution >= 4 is 63.7 Å². The van der Waals surface area contributed by atoms with Crippen molar-refractivity contribution in [2.45, 2.75) is 20.8 Å². The lowest BCUT2D eigenvalue weighted by molar-refractivity contribution is -0.122. The standard InChI is InChI=1S/C26H19Cl2N5O4/c1-13-10-16(14(2)32(13)33-15(3)29-21-7-5-4-6-18(21)25(33)36)11-19-23(34)30-26(37)31(24(19)35)22-9-8-17(27)12-20(22)28/h4-12H,1-3H3,(H,30,34,37). The van der Waals surface area contributed by atoms with E-state index in [1.165, 1.54) is 29.0 Å². The number of hydrogen-bond acceptors (Lipinski definition) is 5. The molecule has 4 aromatic rings. The summed E-state index contributed by atoms with van der Waals surface area (Å²) >= 11 is 12.2. The number of amides is 4. The van der Waals surface area contributed by atoms with Gasteiger partial charge in [-0.2, -0.15) is 4.68 Å². The Morgan fingerprint density at radius 2 is 1.65 bits per heavy atom. The SMILES string of the molecule is Cc1cc(C=C2C(=O)NC(=O)N(c3ccc(Cl)cc3Cl)C2=O)c(C)n1-n1c(C)nc2ccccc2c1=O. The molecule has 1 N–H and O–H groups in total. The third-order valence-electron chi connectivity index (χ3n) is 6.10. The van der Waals surface area contributed by atoms with Crippen LogP contribution in [0, 0.1) is 20.8 Å². The predicted octanol–water partition coefficient (Wildman–Crippen LogP) is 4.41. The van der Waals surface area contributed by atoms with Crippen molar-refractivity contribution in [2.75, 3.05) is 4.90 Å². The normalized spacial score (nSPS) is 15.1. The number of nitrogens with zero attached hydrogens (tertiary/aromatic N) is 4. The van der Waals surface area contributed by atoms with E-state index in [1.807, 2.05) is 6.07 Å². The minimum atomic E-state index is -0.925. The summed E-state index contributed by atoms with van der Waals surface area (Å²) in [7, 11) is 0. The highest BCUT2D eigenvalue weighted by atomic mass is 35.5. The maximum absolute atomic E-state index is 13.4. The fourth-order valence-electron chi connectivity index (χ4n) is 4.40. The summed E-state index contributed by atoms with van der Waals surface area (Å²) < 4.78 is 3.12. The molecule has 11 heteroatoms. The molecule has 1 fully saturated rings. The molecule has 0 spiro atoms. The van der Waals surface area contributed by atoms with E-state index < -0.39 is 17.8 Å². The molecule has 0 aliphatic carbocycles. The Hall–Kier alpha value is -4.21. The van der Waals surface area contributed by atoms with E-state index in [1.54, 1.807) is 49.7 Å². The third-order valence-corrected chi connectivity index (χ3v) is 6.64. The van der Waals surface area contributed by atoms with Crippen molar-refractivity contribution in [2.24, 2.45) is 0 Å². The number of carbonyl (C=O) groups excluding carboxylic acids is 3. The Kier molecular flexibility index (Phi) is 5.97. The largest absolute Gasteiger partial charge is 0.335 e. The number of para-hydroxylation sites is 1. The summed E-state index contributed by atoms with van der Waals surface area (Å²) in [6.45, 7) is 5.27. The maximum atomic E-state index is 13.4. The van der Waals surface area contributed by atoms with Crippen molar-refractivity contribution in [1.82, 2.24) is 19.7 Å². The zero-order valence-corrected chi connectivity index (χ0v) is 21.4. The van der Waals surface area contributed by atoms with Gasteiger partial charge in [-0.05, 0) is 68.8 Å². The average molecular weight is 536 g/mol. The molecule has 3 heterocycles. The monoisotopic (exact) mass is 535 g/mol. The van der Waals surface area contributed by atoms with Crippen LogP contribution in [0.25, 0.3) is 17.0 Å². The molecule has 1 aliphatic heterocycles. The summed E-state index contributed by atoms with van der Waals surface area (Å²) in [4.78, 5) is 57.3. The minimum absolute atomic E-state index is 0.0709. The highest BCUT2D eigenvalue weighted by molar-refractivity contribution is 6.42. The molecule has 0 saturated carbocycles. The van der Waals surface area contributed by atoms with E-state index in [9.17, 15) is 19.2 Å². The van der Waals surface area contributed by atoms with Gasteiger partial charge in [-0.1, -0.05) is 35.3 Å². The van der Waals surface area contributed by atoms with Crippen LogP contribution in [0.4, 0.5) is 10.5 Å². The van der Waals surface area contributed by atoms with E-state index in [0.717, 1.165) is 4.90 Å². The van der Waals surface area contributed by atoms with E-state index in [4.69, 9.17) is 23.2 Å². The second kappa shape index (κ2) is 9.02. The number of nitrogens with one attached hydrogen (secondary N) is 1. The van der Waals surface area contributed by atoms with Crippen LogP contribution >= 0.6 is 23.2 Å². The number of imide groups is 2. The van der Waals surface area contributed by atoms with Crippen LogP contribution in [0.15, 0.2) is 58.9 Å². The Balaban J connectivity index is 1.63. The first-order valence-electron chi connectivity index (χ1n) is 11.1. The molecule has 2 aromatic heterocycles. The Morgan fingerprint density at radius 3 is 2.38 bits per heavy atom. The predicted molar refractivity (Wildman–Crippen MR) is 141 cm³/mol. The van der Waals surface area contributed by atoms with Gasteiger partial charge in [-0.15, -0.1) is 0 Å². The van der Waals surface area contributed by atoms with Gasteiger partial charge < -0.3 is 0 Å². The second-order valence-corrected chi connectivity index (χ2v) is 9.33. The lowest BCUT2D eigenvalue weighted by atomic mass is 10.1. The van der Waals surface area contributed by atoms with Crippen molar-refractivity contribution in [1.29, 1.82) is 0 Å². The number of carbonyl (C=O) groups is 3. The summed E-state index contributed by atoms with van der Waals surface area (Å²) in [6, 6.07) is 12.2. The van der Waals surface area contributed by atoms with E-state index >= 15 is 0 Å². The van der Waals surface area contributed by atoms with Gasteiger partial charge in [-0.3, -0.25) is 24.4 Å². The number of rotatable bonds is 3. The number of benzene rings is 2. The lowest BCUT2D eigenvalue weighted by Gasteiger charge is -2.27. The zero-order valence-electron chi connectivity index (χ0n) is 19.9. The molecule has 37 heavy (non-hydrogen) atoms. The fourth-order valence-corrected chi connectivity index (χ4v) is 4.89. The summed E-state index contributed by atoms with van der Waals surface area (Å²) in [6.07, 6.45) is 1.38. The van der Waals surface area contributed by atoms with E-state index in [2.05, 4.69) is 10.3 Å². The molecule has 0 bridgehead atoms. The Bertz CT molecular complexity index is 1750. The molecule has 0 unspecified atom stereocenters. The number of anilines is 1. The number of aryl methyl sites for hydroxylation is 2. The third kappa shape index (κ3) is 4.02. The molecule has 1 aliphatic rings. The van der Waals surface area contributed by atoms with Gasteiger partial charge in [0.2, 0.25) is 0 Å². The van der Waals surface area contributed by atoms with Crippen LogP contribution in [0.1, 0.15) is 22.8 Å². The van der Waals surface area contributed by atoms with Crippen molar-refractivity contribution in [3.8, 4) is 0 Å². The molecule has 2 aromatic carbocycles. The molecule has 0 atom stereocenters. The zero-order chi connectivity index (χ0) is 26.6. The van der Waals surface area contributed by atoms with Gasteiger partial charge in [0, 0.05) is 16.4 Å². The van der Waals surface area contributed by atoms with Gasteiger partial charge in [0.25, 0.3) is 17.4 Å². The first-order chi connectivity index (χ1) is 17.6. The van der Waals surface area contributed by atoms with Crippen molar-refractivity contribution < 1.29 is 14.4 Å². The molecule has 4 amide bonds. The van der Waals surface area contributed by atoms with Crippen LogP contribution < -0.4 is 15.8 Å². The second-order valence-electron chi connectivity index (χ2n) is 8.48. The minimum Gasteiger partial charge on any atom is -0.273 e. The summed E-state index contributed by atoms with van der Waals surface area (Å²) in [5, 5.41) is 3.03. The van der Waals surface area contributed by atoms with E-state index in [-0.39, 0.29) is 21.8 Å². The van der Waals surface area contributed by atoms with Crippen LogP contribution in [-0.2, 0) is 9.59 Å². The molecule has 186 valence electrons. The first-order valence-corrected chi connectivity index (χ1v) is 11.9. The smallest absolute Gasteiger partial charge is 0.273 e. The van der Waals surface area contributed by atoms with Crippen LogP contribution in [0.3, 0.4) is 0 Å². The molecule has 9 nitrogen and oxygen atoms in total. The molecular formula is C26H19Cl2N5O4. The first kappa shape index (κ1) is 24.5. The van der Waals surface area contributed by atoms with Gasteiger partial charge in [0.05, 0.1) is 21.6 Å². The number of hydrogen-bond donors (Lipinski definition) is 1. The van der Waals surface area contributed by atoms with Gasteiger partial charge in [0.1, 0.15) is 11.4 Å². The van der Waals surface area contributed by atoms with Gasteiger partial charge in [0.15, 0.2) is 0 Å². The fraction of sp³-hybridized carbons (Fsp3) is 0.115. The summed E-state index contributed by atoms with van der Waals surface area (Å²) in [5.74, 6) is -1.23. The van der Waals surface area contributed by atoms with Crippen LogP contribution in [0.5, 0.6) is 0 Å². The van der Waals surface area contributed by atoms with Crippen LogP contribution in [0.2, 0.25) is 10.0 Å². The topological polar surface area (TPSA) is 106 Å². The van der Waals surface area contributed by atoms with Gasteiger partial charge in [-0.25, -0.2) is 14.7 Å². The lowest BCUT2D eigenvalue weighted by Crippen LogP contribution is -2.54. The van der Waals surface area contributed by atoms with Crippen LogP contribution in [-0.4, -0.2) is 32.2 Å². The number of barbiturate groups is 1. The van der Waals surface area contributed by atoms with E-state index in [0.29, 0.717) is 38.7 Å². The Morgan fingerprint density at radius 1 is 0.919 bits per heavy atom. The molecule has 1 saturated heterocycles. The van der Waals surface area contributed by atoms with Crippen molar-refractivity contribution in [3.63, 3.8) is 0 Å². The quantitative estimate of drug-likeness (QED) is 0.309. The highest BCUT2D eigenvalue weighted by Gasteiger charge is 2.38. The van der Waals surface area contributed by atoms with Crippen molar-refractivity contribution in [3.05, 3.63) is 97.3 Å². The van der Waals surface area contributed by atoms with Gasteiger partial charge >= 0.3 is 6.03 Å². The molecule has 5 rings (SSSR count). The number of urea groups is 1. The maximum Gasteiger partial charge on any atom is 0.335 e. The molecule has 0 radical (unpaired) electrons. The average Bonchev–Trinajstić information content (AvgIpc) is 3.11. The Labute approximate surface area is 220 Å². The number of halogens is 2. The number of aromatic nitrogens is 3. The summed E-state index contributed by atoms with van der Waals surface area (Å²) in [5.41, 5.74) is 1.90. The highest BCUT2D eigenvalue weighted by Crippen LogP contribution is 2.32. The molecular weight excluding hydrogens is 517 g/mol.